The van der Waals surface area contributed by atoms with Crippen molar-refractivity contribution in [1.29, 1.82) is 0 Å². The van der Waals surface area contributed by atoms with E-state index in [4.69, 9.17) is 9.31 Å². The van der Waals surface area contributed by atoms with Crippen molar-refractivity contribution < 1.29 is 19.2 Å². The van der Waals surface area contributed by atoms with Gasteiger partial charge in [-0.25, -0.2) is 4.79 Å². The van der Waals surface area contributed by atoms with Gasteiger partial charge in [0.1, 0.15) is 5.54 Å². The van der Waals surface area contributed by atoms with Crippen molar-refractivity contribution in [3.05, 3.63) is 65.7 Å². The van der Waals surface area contributed by atoms with Gasteiger partial charge >= 0.3 is 13.1 Å². The number of hydrogen-bond acceptors (Lipinski definition) is 4. The van der Waals surface area contributed by atoms with Gasteiger partial charge in [-0.1, -0.05) is 67.4 Å². The number of benzene rings is 2. The summed E-state index contributed by atoms with van der Waals surface area (Å²) < 4.78 is 12.4. The first-order valence-corrected chi connectivity index (χ1v) is 12.1. The molecule has 2 aromatic rings. The Morgan fingerprint density at radius 1 is 1.03 bits per heavy atom. The maximum atomic E-state index is 12.7. The topological polar surface area (TPSA) is 67.8 Å². The number of rotatable bonds is 8. The molecule has 33 heavy (non-hydrogen) atoms. The van der Waals surface area contributed by atoms with Crippen LogP contribution in [-0.4, -0.2) is 35.9 Å². The molecular weight excluding hydrogens is 413 g/mol. The standard InChI is InChI=1S/C27H36BNO4/c1-25(2)26(3,4)33-28(32-25)23-16-10-11-20(19-23)17-18-29-27(24(30)31,22-14-8-9-15-22)21-12-6-5-7-13-21/h5-7,10-13,16,19,22,29H,8-9,14-15,17-18H2,1-4H3,(H,30,31)/t27-/m1/s1. The van der Waals surface area contributed by atoms with Crippen LogP contribution in [0.2, 0.25) is 0 Å². The van der Waals surface area contributed by atoms with Gasteiger partial charge in [-0.3, -0.25) is 5.32 Å². The summed E-state index contributed by atoms with van der Waals surface area (Å²) in [6.07, 6.45) is 4.77. The fraction of sp³-hybridized carbons (Fsp3) is 0.519. The third-order valence-corrected chi connectivity index (χ3v) is 7.83. The predicted molar refractivity (Wildman–Crippen MR) is 132 cm³/mol. The third-order valence-electron chi connectivity index (χ3n) is 7.83. The van der Waals surface area contributed by atoms with Gasteiger partial charge in [0.15, 0.2) is 0 Å². The first-order valence-electron chi connectivity index (χ1n) is 12.1. The minimum Gasteiger partial charge on any atom is -0.480 e. The van der Waals surface area contributed by atoms with Crippen molar-refractivity contribution in [2.75, 3.05) is 6.54 Å². The zero-order chi connectivity index (χ0) is 23.7. The van der Waals surface area contributed by atoms with Crippen molar-refractivity contribution in [3.8, 4) is 0 Å². The summed E-state index contributed by atoms with van der Waals surface area (Å²) in [5, 5.41) is 13.9. The molecular formula is C27H36BNO4. The zero-order valence-corrected chi connectivity index (χ0v) is 20.3. The van der Waals surface area contributed by atoms with Crippen molar-refractivity contribution in [2.24, 2.45) is 5.92 Å². The average Bonchev–Trinajstić information content (AvgIpc) is 3.38. The van der Waals surface area contributed by atoms with E-state index in [0.29, 0.717) is 6.54 Å². The van der Waals surface area contributed by atoms with E-state index in [0.717, 1.165) is 48.7 Å². The second-order valence-corrected chi connectivity index (χ2v) is 10.5. The summed E-state index contributed by atoms with van der Waals surface area (Å²) >= 11 is 0. The number of carboxylic acids is 1. The lowest BCUT2D eigenvalue weighted by Gasteiger charge is -2.37. The molecule has 2 fully saturated rings. The molecule has 0 unspecified atom stereocenters. The summed E-state index contributed by atoms with van der Waals surface area (Å²) in [7, 11) is -0.399. The van der Waals surface area contributed by atoms with Gasteiger partial charge in [0.25, 0.3) is 0 Å². The minimum atomic E-state index is -1.05. The Morgan fingerprint density at radius 3 is 2.27 bits per heavy atom. The molecule has 0 aromatic heterocycles. The average molecular weight is 449 g/mol. The highest BCUT2D eigenvalue weighted by Crippen LogP contribution is 2.41. The monoisotopic (exact) mass is 449 g/mol. The summed E-state index contributed by atoms with van der Waals surface area (Å²) in [6, 6.07) is 17.9. The van der Waals surface area contributed by atoms with E-state index in [1.54, 1.807) is 0 Å². The number of nitrogens with one attached hydrogen (secondary N) is 1. The first kappa shape index (κ1) is 24.0. The molecule has 1 saturated heterocycles. The fourth-order valence-electron chi connectivity index (χ4n) is 5.19. The molecule has 2 aromatic carbocycles. The highest BCUT2D eigenvalue weighted by Gasteiger charge is 2.52. The van der Waals surface area contributed by atoms with Crippen LogP contribution in [0, 0.1) is 5.92 Å². The van der Waals surface area contributed by atoms with Crippen LogP contribution >= 0.6 is 0 Å². The maximum Gasteiger partial charge on any atom is 0.494 e. The van der Waals surface area contributed by atoms with Crippen molar-refractivity contribution >= 4 is 18.6 Å². The number of carboxylic acid groups (broad SMARTS) is 1. The Balaban J connectivity index is 1.50. The zero-order valence-electron chi connectivity index (χ0n) is 20.3. The molecule has 4 rings (SSSR count). The van der Waals surface area contributed by atoms with Crippen LogP contribution < -0.4 is 10.8 Å². The molecule has 1 aliphatic heterocycles. The molecule has 0 amide bonds. The van der Waals surface area contributed by atoms with E-state index >= 15 is 0 Å². The van der Waals surface area contributed by atoms with Crippen LogP contribution in [0.1, 0.15) is 64.5 Å². The molecule has 5 nitrogen and oxygen atoms in total. The van der Waals surface area contributed by atoms with Gasteiger partial charge in [0, 0.05) is 6.54 Å². The Hall–Kier alpha value is -2.15. The molecule has 0 radical (unpaired) electrons. The Labute approximate surface area is 198 Å². The quantitative estimate of drug-likeness (QED) is 0.589. The molecule has 1 heterocycles. The molecule has 2 N–H and O–H groups in total. The summed E-state index contributed by atoms with van der Waals surface area (Å²) in [6.45, 7) is 8.79. The van der Waals surface area contributed by atoms with Crippen LogP contribution in [0.3, 0.4) is 0 Å². The fourth-order valence-corrected chi connectivity index (χ4v) is 5.19. The second kappa shape index (κ2) is 9.24. The van der Waals surface area contributed by atoms with Gasteiger partial charge in [0.05, 0.1) is 11.2 Å². The summed E-state index contributed by atoms with van der Waals surface area (Å²) in [5.41, 5.74) is 1.15. The van der Waals surface area contributed by atoms with Crippen molar-refractivity contribution in [1.82, 2.24) is 5.32 Å². The lowest BCUT2D eigenvalue weighted by Crippen LogP contribution is -2.54. The molecule has 1 atom stereocenters. The molecule has 0 spiro atoms. The SMILES string of the molecule is CC1(C)OB(c2cccc(CCN[C@](C(=O)O)(c3ccccc3)C3CCCC3)c2)OC1(C)C. The van der Waals surface area contributed by atoms with Gasteiger partial charge in [0.2, 0.25) is 0 Å². The van der Waals surface area contributed by atoms with Gasteiger partial charge in [-0.2, -0.15) is 0 Å². The molecule has 176 valence electrons. The van der Waals surface area contributed by atoms with Gasteiger partial charge in [-0.05, 0) is 69.5 Å². The summed E-state index contributed by atoms with van der Waals surface area (Å²) in [5.74, 6) is -0.694. The maximum absolute atomic E-state index is 12.7. The van der Waals surface area contributed by atoms with Crippen LogP contribution in [-0.2, 0) is 26.1 Å². The largest absolute Gasteiger partial charge is 0.494 e. The third kappa shape index (κ3) is 4.61. The van der Waals surface area contributed by atoms with E-state index in [-0.39, 0.29) is 17.1 Å². The minimum absolute atomic E-state index is 0.0912. The van der Waals surface area contributed by atoms with Gasteiger partial charge in [-0.15, -0.1) is 0 Å². The highest BCUT2D eigenvalue weighted by atomic mass is 16.7. The normalized spacial score (nSPS) is 21.8. The molecule has 2 aliphatic rings. The lowest BCUT2D eigenvalue weighted by molar-refractivity contribution is -0.148. The highest BCUT2D eigenvalue weighted by molar-refractivity contribution is 6.62. The first-order chi connectivity index (χ1) is 15.7. The van der Waals surface area contributed by atoms with E-state index in [1.165, 1.54) is 0 Å². The lowest BCUT2D eigenvalue weighted by atomic mass is 9.76. The number of carbonyl (C=O) groups is 1. The van der Waals surface area contributed by atoms with Crippen molar-refractivity contribution in [2.45, 2.75) is 76.5 Å². The Bertz CT molecular complexity index is 955. The molecule has 1 aliphatic carbocycles. The van der Waals surface area contributed by atoms with Crippen LogP contribution in [0.5, 0.6) is 0 Å². The van der Waals surface area contributed by atoms with E-state index in [1.807, 2.05) is 42.5 Å². The Morgan fingerprint density at radius 2 is 1.67 bits per heavy atom. The second-order valence-electron chi connectivity index (χ2n) is 10.5. The van der Waals surface area contributed by atoms with Crippen LogP contribution in [0.15, 0.2) is 54.6 Å². The van der Waals surface area contributed by atoms with E-state index in [9.17, 15) is 9.90 Å². The van der Waals surface area contributed by atoms with Crippen molar-refractivity contribution in [3.63, 3.8) is 0 Å². The Kier molecular flexibility index (Phi) is 6.72. The van der Waals surface area contributed by atoms with Gasteiger partial charge < -0.3 is 14.4 Å². The molecule has 1 saturated carbocycles. The summed E-state index contributed by atoms with van der Waals surface area (Å²) in [4.78, 5) is 12.7. The molecule has 6 heteroatoms. The van der Waals surface area contributed by atoms with Crippen LogP contribution in [0.25, 0.3) is 0 Å². The van der Waals surface area contributed by atoms with Crippen LogP contribution in [0.4, 0.5) is 0 Å². The van der Waals surface area contributed by atoms with E-state index in [2.05, 4.69) is 45.1 Å². The predicted octanol–water partition coefficient (Wildman–Crippen LogP) is 4.29. The van der Waals surface area contributed by atoms with E-state index < -0.39 is 18.6 Å². The number of hydrogen-bond donors (Lipinski definition) is 2. The number of aliphatic carboxylic acids is 1. The molecule has 0 bridgehead atoms. The smallest absolute Gasteiger partial charge is 0.480 e.